The number of hydrogen-bond acceptors (Lipinski definition) is 3. The van der Waals surface area contributed by atoms with E-state index in [1.165, 1.54) is 48.7 Å². The van der Waals surface area contributed by atoms with E-state index in [9.17, 15) is 0 Å². The van der Waals surface area contributed by atoms with Gasteiger partial charge in [-0.2, -0.15) is 0 Å². The quantitative estimate of drug-likeness (QED) is 0.165. The van der Waals surface area contributed by atoms with E-state index in [0.717, 1.165) is 44.5 Å². The van der Waals surface area contributed by atoms with Crippen molar-refractivity contribution in [2.45, 2.75) is 0 Å². The van der Waals surface area contributed by atoms with Gasteiger partial charge in [0.15, 0.2) is 17.5 Å². The summed E-state index contributed by atoms with van der Waals surface area (Å²) in [5.74, 6) is 1.91. The summed E-state index contributed by atoms with van der Waals surface area (Å²) in [6.07, 6.45) is 0. The van der Waals surface area contributed by atoms with Crippen molar-refractivity contribution in [3.05, 3.63) is 200 Å². The predicted octanol–water partition coefficient (Wildman–Crippen LogP) is 13.4. The Morgan fingerprint density at radius 1 is 0.259 bits per heavy atom. The third-order valence-electron chi connectivity index (χ3n) is 11.5. The lowest BCUT2D eigenvalue weighted by molar-refractivity contribution is 1.07. The Labute approximate surface area is 333 Å². The summed E-state index contributed by atoms with van der Waals surface area (Å²) in [6, 6.07) is 71.0. The second-order valence-corrected chi connectivity index (χ2v) is 14.9. The molecule has 12 rings (SSSR count). The van der Waals surface area contributed by atoms with Crippen LogP contribution >= 0.6 is 0 Å². The Morgan fingerprint density at radius 2 is 0.724 bits per heavy atom. The van der Waals surface area contributed by atoms with Gasteiger partial charge in [-0.25, -0.2) is 15.0 Å². The van der Waals surface area contributed by atoms with Crippen LogP contribution in [-0.4, -0.2) is 24.1 Å². The van der Waals surface area contributed by atoms with Gasteiger partial charge in [0, 0.05) is 49.6 Å². The average molecular weight is 740 g/mol. The average Bonchev–Trinajstić information content (AvgIpc) is 3.80. The Balaban J connectivity index is 1.02. The van der Waals surface area contributed by atoms with Crippen molar-refractivity contribution in [3.63, 3.8) is 0 Å². The molecule has 0 saturated carbocycles. The highest BCUT2D eigenvalue weighted by molar-refractivity contribution is 6.19. The molecular weight excluding hydrogens is 707 g/mol. The summed E-state index contributed by atoms with van der Waals surface area (Å²) < 4.78 is 4.77. The van der Waals surface area contributed by atoms with Crippen LogP contribution in [-0.2, 0) is 0 Å². The molecule has 270 valence electrons. The standard InChI is InChI=1S/C53H33N5/c1-3-14-35(15-4-1)51-54-52(56-53(55-51)38-27-30-42-37(31-38)24-23-34-13-7-8-18-41(34)42)36-25-28-40(29-26-36)58-48-22-12-10-20-44(48)46-32-45-43-19-9-11-21-47(43)57(49(45)33-50(46)58)39-16-5-2-6-17-39/h1-33H. The largest absolute Gasteiger partial charge is 0.309 e. The molecule has 0 radical (unpaired) electrons. The number of para-hydroxylation sites is 3. The molecule has 0 N–H and O–H groups in total. The fourth-order valence-electron chi connectivity index (χ4n) is 8.83. The molecule has 5 nitrogen and oxygen atoms in total. The topological polar surface area (TPSA) is 48.5 Å². The molecule has 3 heterocycles. The molecule has 0 fully saturated rings. The van der Waals surface area contributed by atoms with Crippen LogP contribution in [0.5, 0.6) is 0 Å². The first kappa shape index (κ1) is 32.4. The molecule has 0 bridgehead atoms. The number of rotatable bonds is 5. The summed E-state index contributed by atoms with van der Waals surface area (Å²) in [5, 5.41) is 9.75. The van der Waals surface area contributed by atoms with E-state index in [1.807, 2.05) is 18.2 Å². The van der Waals surface area contributed by atoms with Gasteiger partial charge < -0.3 is 9.13 Å². The third kappa shape index (κ3) is 5.07. The summed E-state index contributed by atoms with van der Waals surface area (Å²) in [4.78, 5) is 15.2. The summed E-state index contributed by atoms with van der Waals surface area (Å²) in [7, 11) is 0. The minimum absolute atomic E-state index is 0.630. The zero-order valence-corrected chi connectivity index (χ0v) is 31.3. The predicted molar refractivity (Wildman–Crippen MR) is 240 cm³/mol. The van der Waals surface area contributed by atoms with Crippen LogP contribution in [0.3, 0.4) is 0 Å². The van der Waals surface area contributed by atoms with Crippen molar-refractivity contribution in [1.82, 2.24) is 24.1 Å². The first-order valence-electron chi connectivity index (χ1n) is 19.6. The molecule has 5 heteroatoms. The van der Waals surface area contributed by atoms with Crippen LogP contribution in [0.15, 0.2) is 200 Å². The van der Waals surface area contributed by atoms with Gasteiger partial charge in [0.1, 0.15) is 0 Å². The summed E-state index contributed by atoms with van der Waals surface area (Å²) >= 11 is 0. The van der Waals surface area contributed by atoms with E-state index in [4.69, 9.17) is 15.0 Å². The Hall–Kier alpha value is -7.89. The number of benzene rings is 9. The first-order chi connectivity index (χ1) is 28.7. The number of nitrogens with zero attached hydrogens (tertiary/aromatic N) is 5. The van der Waals surface area contributed by atoms with Crippen LogP contribution in [0.25, 0.3) is 111 Å². The van der Waals surface area contributed by atoms with E-state index in [0.29, 0.717) is 17.5 Å². The zero-order chi connectivity index (χ0) is 38.2. The maximum atomic E-state index is 5.12. The monoisotopic (exact) mass is 739 g/mol. The second kappa shape index (κ2) is 12.8. The van der Waals surface area contributed by atoms with Gasteiger partial charge >= 0.3 is 0 Å². The Morgan fingerprint density at radius 3 is 1.38 bits per heavy atom. The van der Waals surface area contributed by atoms with Crippen LogP contribution in [0.1, 0.15) is 0 Å². The lowest BCUT2D eigenvalue weighted by Gasteiger charge is -2.12. The Bertz CT molecular complexity index is 3550. The fourth-order valence-corrected chi connectivity index (χ4v) is 8.83. The van der Waals surface area contributed by atoms with Crippen LogP contribution in [0, 0.1) is 0 Å². The molecule has 0 saturated heterocycles. The van der Waals surface area contributed by atoms with Crippen molar-refractivity contribution in [1.29, 1.82) is 0 Å². The molecule has 0 aliphatic carbocycles. The number of aromatic nitrogens is 5. The highest BCUT2D eigenvalue weighted by Crippen LogP contribution is 2.40. The molecule has 58 heavy (non-hydrogen) atoms. The van der Waals surface area contributed by atoms with Gasteiger partial charge in [0.2, 0.25) is 0 Å². The fraction of sp³-hybridized carbons (Fsp3) is 0. The van der Waals surface area contributed by atoms with Gasteiger partial charge in [-0.05, 0) is 88.3 Å². The second-order valence-electron chi connectivity index (χ2n) is 14.9. The third-order valence-corrected chi connectivity index (χ3v) is 11.5. The van der Waals surface area contributed by atoms with Crippen molar-refractivity contribution in [2.24, 2.45) is 0 Å². The van der Waals surface area contributed by atoms with Gasteiger partial charge in [-0.3, -0.25) is 0 Å². The SMILES string of the molecule is c1ccc(-c2nc(-c3ccc(-n4c5ccccc5c5cc6c7ccccc7n(-c7ccccc7)c6cc54)cc3)nc(-c3ccc4c(ccc5ccccc54)c3)n2)cc1. The van der Waals surface area contributed by atoms with Crippen molar-refractivity contribution < 1.29 is 0 Å². The summed E-state index contributed by atoms with van der Waals surface area (Å²) in [5.41, 5.74) is 9.70. The summed E-state index contributed by atoms with van der Waals surface area (Å²) in [6.45, 7) is 0. The van der Waals surface area contributed by atoms with Gasteiger partial charge in [0.25, 0.3) is 0 Å². The highest BCUT2D eigenvalue weighted by Gasteiger charge is 2.19. The molecule has 3 aromatic heterocycles. The molecule has 0 atom stereocenters. The maximum absolute atomic E-state index is 5.12. The highest BCUT2D eigenvalue weighted by atomic mass is 15.0. The molecular formula is C53H33N5. The molecule has 0 aliphatic heterocycles. The minimum atomic E-state index is 0.630. The van der Waals surface area contributed by atoms with E-state index < -0.39 is 0 Å². The van der Waals surface area contributed by atoms with E-state index in [1.54, 1.807) is 0 Å². The minimum Gasteiger partial charge on any atom is -0.309 e. The molecule has 0 unspecified atom stereocenters. The molecule has 0 spiro atoms. The Kier molecular flexibility index (Phi) is 7.16. The van der Waals surface area contributed by atoms with Crippen molar-refractivity contribution >= 4 is 65.2 Å². The first-order valence-corrected chi connectivity index (χ1v) is 19.6. The van der Waals surface area contributed by atoms with Crippen LogP contribution < -0.4 is 0 Å². The van der Waals surface area contributed by atoms with Crippen molar-refractivity contribution in [2.75, 3.05) is 0 Å². The van der Waals surface area contributed by atoms with Gasteiger partial charge in [-0.1, -0.05) is 133 Å². The van der Waals surface area contributed by atoms with Crippen LogP contribution in [0.4, 0.5) is 0 Å². The normalized spacial score (nSPS) is 11.8. The molecule has 0 amide bonds. The van der Waals surface area contributed by atoms with E-state index in [2.05, 4.69) is 191 Å². The van der Waals surface area contributed by atoms with Crippen molar-refractivity contribution in [3.8, 4) is 45.5 Å². The molecule has 0 aliphatic rings. The zero-order valence-electron chi connectivity index (χ0n) is 31.3. The molecule has 9 aromatic carbocycles. The number of fused-ring (bicyclic) bond motifs is 9. The lowest BCUT2D eigenvalue weighted by atomic mass is 10.00. The van der Waals surface area contributed by atoms with E-state index in [-0.39, 0.29) is 0 Å². The van der Waals surface area contributed by atoms with E-state index >= 15 is 0 Å². The molecule has 12 aromatic rings. The van der Waals surface area contributed by atoms with Gasteiger partial charge in [0.05, 0.1) is 22.1 Å². The lowest BCUT2D eigenvalue weighted by Crippen LogP contribution is -2.00. The smallest absolute Gasteiger partial charge is 0.164 e. The number of hydrogen-bond donors (Lipinski definition) is 0. The van der Waals surface area contributed by atoms with Crippen LogP contribution in [0.2, 0.25) is 0 Å². The maximum Gasteiger partial charge on any atom is 0.164 e. The van der Waals surface area contributed by atoms with Gasteiger partial charge in [-0.15, -0.1) is 0 Å².